The topological polar surface area (TPSA) is 103 Å². The maximum atomic E-state index is 12.4. The lowest BCUT2D eigenvalue weighted by molar-refractivity contribution is -0.384. The van der Waals surface area contributed by atoms with Gasteiger partial charge in [-0.15, -0.1) is 0 Å². The third-order valence-electron chi connectivity index (χ3n) is 4.75. The second kappa shape index (κ2) is 10.7. The summed E-state index contributed by atoms with van der Waals surface area (Å²) in [5, 5.41) is 14.1. The summed E-state index contributed by atoms with van der Waals surface area (Å²) in [4.78, 5) is 27.7. The van der Waals surface area contributed by atoms with Gasteiger partial charge in [0.05, 0.1) is 26.2 Å². The molecule has 1 aliphatic rings. The van der Waals surface area contributed by atoms with Crippen molar-refractivity contribution in [2.45, 2.75) is 6.61 Å². The van der Waals surface area contributed by atoms with Crippen LogP contribution >= 0.6 is 34.4 Å². The van der Waals surface area contributed by atoms with Gasteiger partial charge >= 0.3 is 0 Å². The van der Waals surface area contributed by atoms with Crippen LogP contribution in [0, 0.1) is 13.7 Å². The average molecular weight is 587 g/mol. The molecule has 0 atom stereocenters. The number of methoxy groups -OCH3 is 1. The minimum atomic E-state index is -0.433. The van der Waals surface area contributed by atoms with Crippen LogP contribution in [0.4, 0.5) is 11.4 Å². The first-order valence-electron chi connectivity index (χ1n) is 10.0. The van der Waals surface area contributed by atoms with Gasteiger partial charge in [0.1, 0.15) is 18.1 Å². The van der Waals surface area contributed by atoms with Crippen LogP contribution in [0.25, 0.3) is 6.08 Å². The number of halogens is 1. The van der Waals surface area contributed by atoms with Crippen molar-refractivity contribution in [3.8, 4) is 11.5 Å². The Hall–Kier alpha value is -3.38. The van der Waals surface area contributed by atoms with E-state index in [1.165, 1.54) is 23.9 Å². The molecule has 4 rings (SSSR count). The highest BCUT2D eigenvalue weighted by Gasteiger charge is 2.24. The quantitative estimate of drug-likeness (QED) is 0.165. The maximum absolute atomic E-state index is 12.4. The van der Waals surface area contributed by atoms with E-state index in [0.717, 1.165) is 20.4 Å². The molecular weight excluding hydrogens is 569 g/mol. The highest BCUT2D eigenvalue weighted by molar-refractivity contribution is 14.1. The van der Waals surface area contributed by atoms with Crippen LogP contribution in [0.2, 0.25) is 0 Å². The van der Waals surface area contributed by atoms with Gasteiger partial charge in [0.25, 0.3) is 11.6 Å². The van der Waals surface area contributed by atoms with Gasteiger partial charge in [-0.05, 0) is 100 Å². The number of thioether (sulfide) groups is 1. The highest BCUT2D eigenvalue weighted by atomic mass is 127. The van der Waals surface area contributed by atoms with E-state index in [1.807, 2.05) is 42.5 Å². The molecule has 0 unspecified atom stereocenters. The average Bonchev–Trinajstić information content (AvgIpc) is 3.17. The summed E-state index contributed by atoms with van der Waals surface area (Å²) in [5.41, 5.74) is 2.45. The van der Waals surface area contributed by atoms with Gasteiger partial charge in [0, 0.05) is 12.1 Å². The molecule has 1 heterocycles. The summed E-state index contributed by atoms with van der Waals surface area (Å²) in [6.45, 7) is 0.290. The van der Waals surface area contributed by atoms with Gasteiger partial charge in [0.15, 0.2) is 5.17 Å². The van der Waals surface area contributed by atoms with Gasteiger partial charge in [0.2, 0.25) is 0 Å². The Labute approximate surface area is 213 Å². The van der Waals surface area contributed by atoms with Gasteiger partial charge in [-0.2, -0.15) is 0 Å². The predicted octanol–water partition coefficient (Wildman–Crippen LogP) is 5.68. The van der Waals surface area contributed by atoms with Crippen LogP contribution in [0.1, 0.15) is 11.1 Å². The fourth-order valence-corrected chi connectivity index (χ4v) is 4.54. The summed E-state index contributed by atoms with van der Waals surface area (Å²) in [7, 11) is 1.60. The number of amidine groups is 1. The van der Waals surface area contributed by atoms with E-state index in [0.29, 0.717) is 21.5 Å². The predicted molar refractivity (Wildman–Crippen MR) is 140 cm³/mol. The molecule has 0 saturated carbocycles. The number of benzene rings is 3. The Balaban J connectivity index is 1.41. The lowest BCUT2D eigenvalue weighted by atomic mass is 10.2. The van der Waals surface area contributed by atoms with Crippen LogP contribution in [-0.2, 0) is 11.4 Å². The van der Waals surface area contributed by atoms with E-state index < -0.39 is 4.92 Å². The summed E-state index contributed by atoms with van der Waals surface area (Å²) < 4.78 is 11.9. The van der Waals surface area contributed by atoms with Crippen molar-refractivity contribution < 1.29 is 19.2 Å². The zero-order valence-electron chi connectivity index (χ0n) is 17.9. The Kier molecular flexibility index (Phi) is 7.48. The standard InChI is InChI=1S/C24H18IN3O5S/c1-32-19-9-5-17(6-10-19)26-24-27-23(29)22(34-24)13-16-4-11-21(20(25)12-16)33-14-15-2-7-18(8-3-15)28(30)31/h2-13H,14H2,1H3,(H,26,27,29)/b22-13+. The first-order valence-corrected chi connectivity index (χ1v) is 11.9. The molecule has 1 fully saturated rings. The number of carbonyl (C=O) groups is 1. The van der Waals surface area contributed by atoms with Gasteiger partial charge < -0.3 is 14.8 Å². The molecule has 0 bridgehead atoms. The number of nitro groups is 1. The van der Waals surface area contributed by atoms with Crippen molar-refractivity contribution in [1.82, 2.24) is 5.32 Å². The van der Waals surface area contributed by atoms with Crippen molar-refractivity contribution in [3.05, 3.63) is 96.4 Å². The van der Waals surface area contributed by atoms with E-state index >= 15 is 0 Å². The molecule has 1 saturated heterocycles. The highest BCUT2D eigenvalue weighted by Crippen LogP contribution is 2.30. The van der Waals surface area contributed by atoms with E-state index in [4.69, 9.17) is 9.47 Å². The molecule has 0 aromatic heterocycles. The van der Waals surface area contributed by atoms with Crippen molar-refractivity contribution in [2.75, 3.05) is 7.11 Å². The Morgan fingerprint density at radius 2 is 1.85 bits per heavy atom. The monoisotopic (exact) mass is 587 g/mol. The number of rotatable bonds is 7. The first kappa shape index (κ1) is 23.8. The molecule has 3 aromatic rings. The zero-order chi connectivity index (χ0) is 24.1. The SMILES string of the molecule is COc1ccc(N=C2NC(=O)/C(=C\c3ccc(OCc4ccc([N+](=O)[O-])cc4)c(I)c3)S2)cc1. The fraction of sp³-hybridized carbons (Fsp3) is 0.0833. The van der Waals surface area contributed by atoms with Crippen LogP contribution in [-0.4, -0.2) is 23.1 Å². The van der Waals surface area contributed by atoms with Gasteiger partial charge in [-0.1, -0.05) is 6.07 Å². The minimum absolute atomic E-state index is 0.0433. The molecular formula is C24H18IN3O5S. The molecule has 8 nitrogen and oxygen atoms in total. The van der Waals surface area contributed by atoms with E-state index in [-0.39, 0.29) is 18.2 Å². The van der Waals surface area contributed by atoms with Crippen LogP contribution < -0.4 is 14.8 Å². The molecule has 0 spiro atoms. The molecule has 172 valence electrons. The second-order valence-electron chi connectivity index (χ2n) is 7.08. The number of nitro benzene ring substituents is 1. The molecule has 0 radical (unpaired) electrons. The lowest BCUT2D eigenvalue weighted by Gasteiger charge is -2.09. The number of aliphatic imine (C=N–C) groups is 1. The third kappa shape index (κ3) is 5.94. The van der Waals surface area contributed by atoms with E-state index in [9.17, 15) is 14.9 Å². The molecule has 1 aliphatic heterocycles. The van der Waals surface area contributed by atoms with Crippen LogP contribution in [0.15, 0.2) is 76.6 Å². The third-order valence-corrected chi connectivity index (χ3v) is 6.50. The summed E-state index contributed by atoms with van der Waals surface area (Å²) in [6.07, 6.45) is 1.80. The summed E-state index contributed by atoms with van der Waals surface area (Å²) in [5.74, 6) is 1.22. The number of hydrogen-bond donors (Lipinski definition) is 1. The number of amides is 1. The van der Waals surface area contributed by atoms with Crippen molar-refractivity contribution in [1.29, 1.82) is 0 Å². The number of non-ortho nitro benzene ring substituents is 1. The Morgan fingerprint density at radius 3 is 2.50 bits per heavy atom. The number of nitrogens with one attached hydrogen (secondary N) is 1. The van der Waals surface area contributed by atoms with Crippen molar-refractivity contribution >= 4 is 62.9 Å². The smallest absolute Gasteiger partial charge is 0.269 e. The van der Waals surface area contributed by atoms with Crippen molar-refractivity contribution in [3.63, 3.8) is 0 Å². The van der Waals surface area contributed by atoms with Gasteiger partial charge in [-0.25, -0.2) is 4.99 Å². The van der Waals surface area contributed by atoms with Crippen LogP contribution in [0.3, 0.4) is 0 Å². The molecule has 0 aliphatic carbocycles. The zero-order valence-corrected chi connectivity index (χ0v) is 20.8. The van der Waals surface area contributed by atoms with Crippen molar-refractivity contribution in [2.24, 2.45) is 4.99 Å². The summed E-state index contributed by atoms with van der Waals surface area (Å²) in [6, 6.07) is 19.1. The Morgan fingerprint density at radius 1 is 1.12 bits per heavy atom. The first-order chi connectivity index (χ1) is 16.4. The molecule has 3 aromatic carbocycles. The number of nitrogens with zero attached hydrogens (tertiary/aromatic N) is 2. The van der Waals surface area contributed by atoms with Gasteiger partial charge in [-0.3, -0.25) is 14.9 Å². The van der Waals surface area contributed by atoms with E-state index in [1.54, 1.807) is 25.3 Å². The molecule has 10 heteroatoms. The lowest BCUT2D eigenvalue weighted by Crippen LogP contribution is -2.19. The van der Waals surface area contributed by atoms with Crippen LogP contribution in [0.5, 0.6) is 11.5 Å². The number of ether oxygens (including phenoxy) is 2. The minimum Gasteiger partial charge on any atom is -0.497 e. The molecule has 1 N–H and O–H groups in total. The maximum Gasteiger partial charge on any atom is 0.269 e. The normalized spacial score (nSPS) is 15.4. The molecule has 1 amide bonds. The largest absolute Gasteiger partial charge is 0.497 e. The fourth-order valence-electron chi connectivity index (χ4n) is 3.00. The Bertz CT molecular complexity index is 1290. The molecule has 34 heavy (non-hydrogen) atoms. The summed E-state index contributed by atoms with van der Waals surface area (Å²) >= 11 is 3.45. The number of carbonyl (C=O) groups excluding carboxylic acids is 1. The van der Waals surface area contributed by atoms with E-state index in [2.05, 4.69) is 32.9 Å². The second-order valence-corrected chi connectivity index (χ2v) is 9.27. The number of hydrogen-bond acceptors (Lipinski definition) is 7.